The maximum absolute atomic E-state index is 12.0. The minimum atomic E-state index is -0.991. The summed E-state index contributed by atoms with van der Waals surface area (Å²) >= 11 is 1.77. The van der Waals surface area contributed by atoms with E-state index in [0.717, 1.165) is 39.1 Å². The molecule has 44 heavy (non-hydrogen) atoms. The molecule has 0 radical (unpaired) electrons. The number of nitrogens with one attached hydrogen (secondary N) is 1. The monoisotopic (exact) mass is 611 g/mol. The number of ether oxygens (including phenoxy) is 2. The fourth-order valence-electron chi connectivity index (χ4n) is 5.24. The number of rotatable bonds is 12. The van der Waals surface area contributed by atoms with Crippen molar-refractivity contribution in [2.75, 3.05) is 5.75 Å². The molecule has 4 aromatic carbocycles. The van der Waals surface area contributed by atoms with Gasteiger partial charge in [0.15, 0.2) is 6.29 Å². The first-order chi connectivity index (χ1) is 21.4. The number of benzene rings is 4. The highest BCUT2D eigenvalue weighted by Crippen LogP contribution is 2.43. The van der Waals surface area contributed by atoms with Crippen molar-refractivity contribution < 1.29 is 29.3 Å². The van der Waals surface area contributed by atoms with E-state index in [0.29, 0.717) is 6.54 Å². The lowest BCUT2D eigenvalue weighted by atomic mass is 9.91. The number of hydrogen-bond donors (Lipinski definition) is 3. The minimum Gasteiger partial charge on any atom is -0.481 e. The second-order valence-electron chi connectivity index (χ2n) is 10.9. The molecular weight excluding hydrogens is 574 g/mol. The molecule has 0 bridgehead atoms. The SMILES string of the molecule is C[C@@H]1[C@H](CSc2ccccc2)O[C@H](c2cccc(-c3cccc(CNC(=O)CCC(=O)O)c3)c2)O[C@@H]1c1ccc(CO)cc1. The van der Waals surface area contributed by atoms with Crippen LogP contribution < -0.4 is 5.32 Å². The number of carbonyl (C=O) groups is 2. The van der Waals surface area contributed by atoms with E-state index in [4.69, 9.17) is 14.6 Å². The standard InChI is InChI=1S/C36H37NO6S/c1-24-32(23-44-31-11-3-2-4-12-31)42-36(43-35(24)27-15-13-25(22-38)14-16-27)30-10-6-9-29(20-30)28-8-5-7-26(19-28)21-37-33(39)17-18-34(40)41/h2-16,19-20,24,32,35-36,38H,17-18,21-23H2,1H3,(H,37,39)(H,40,41)/t24-,32+,35+,36+/m1/s1. The summed E-state index contributed by atoms with van der Waals surface area (Å²) in [7, 11) is 0. The van der Waals surface area contributed by atoms with Crippen molar-refractivity contribution in [1.29, 1.82) is 0 Å². The van der Waals surface area contributed by atoms with Crippen LogP contribution in [0.15, 0.2) is 108 Å². The van der Waals surface area contributed by atoms with Gasteiger partial charge in [0.2, 0.25) is 5.91 Å². The van der Waals surface area contributed by atoms with Gasteiger partial charge in [-0.15, -0.1) is 11.8 Å². The number of aliphatic carboxylic acids is 1. The van der Waals surface area contributed by atoms with Gasteiger partial charge in [0.05, 0.1) is 25.2 Å². The van der Waals surface area contributed by atoms with Gasteiger partial charge in [-0.05, 0) is 52.1 Å². The van der Waals surface area contributed by atoms with Crippen LogP contribution in [-0.4, -0.2) is 33.9 Å². The van der Waals surface area contributed by atoms with Crippen LogP contribution in [0.4, 0.5) is 0 Å². The molecule has 1 aliphatic heterocycles. The Bertz CT molecular complexity index is 1540. The predicted molar refractivity (Wildman–Crippen MR) is 171 cm³/mol. The van der Waals surface area contributed by atoms with Crippen LogP contribution in [-0.2, 0) is 32.2 Å². The highest BCUT2D eigenvalue weighted by atomic mass is 32.2. The lowest BCUT2D eigenvalue weighted by Gasteiger charge is -2.41. The largest absolute Gasteiger partial charge is 0.481 e. The Morgan fingerprint density at radius 1 is 0.795 bits per heavy atom. The number of amides is 1. The van der Waals surface area contributed by atoms with Gasteiger partial charge in [-0.3, -0.25) is 9.59 Å². The van der Waals surface area contributed by atoms with Crippen molar-refractivity contribution in [3.8, 4) is 11.1 Å². The zero-order valence-electron chi connectivity index (χ0n) is 24.6. The number of aliphatic hydroxyl groups is 1. The van der Waals surface area contributed by atoms with E-state index in [1.54, 1.807) is 11.8 Å². The Hall–Kier alpha value is -3.95. The first-order valence-electron chi connectivity index (χ1n) is 14.8. The van der Waals surface area contributed by atoms with Crippen molar-refractivity contribution in [3.05, 3.63) is 125 Å². The lowest BCUT2D eigenvalue weighted by molar-refractivity contribution is -0.268. The van der Waals surface area contributed by atoms with Crippen LogP contribution >= 0.6 is 11.8 Å². The first kappa shape index (κ1) is 31.5. The second-order valence-corrected chi connectivity index (χ2v) is 12.0. The van der Waals surface area contributed by atoms with Crippen LogP contribution in [0.2, 0.25) is 0 Å². The summed E-state index contributed by atoms with van der Waals surface area (Å²) in [5.74, 6) is -0.417. The molecule has 8 heteroatoms. The van der Waals surface area contributed by atoms with Gasteiger partial charge < -0.3 is 25.0 Å². The maximum atomic E-state index is 12.0. The van der Waals surface area contributed by atoms with Crippen LogP contribution in [0.1, 0.15) is 54.4 Å². The quantitative estimate of drug-likeness (QED) is 0.150. The fraction of sp³-hybridized carbons (Fsp3) is 0.278. The van der Waals surface area contributed by atoms with Crippen LogP contribution in [0.3, 0.4) is 0 Å². The third kappa shape index (κ3) is 8.36. The minimum absolute atomic E-state index is 0.00544. The number of carboxylic acid groups (broad SMARTS) is 1. The summed E-state index contributed by atoms with van der Waals surface area (Å²) in [5, 5.41) is 21.2. The predicted octanol–water partition coefficient (Wildman–Crippen LogP) is 6.91. The third-order valence-electron chi connectivity index (χ3n) is 7.76. The smallest absolute Gasteiger partial charge is 0.303 e. The van der Waals surface area contributed by atoms with E-state index >= 15 is 0 Å². The van der Waals surface area contributed by atoms with Crippen LogP contribution in [0, 0.1) is 5.92 Å². The van der Waals surface area contributed by atoms with Gasteiger partial charge in [-0.1, -0.05) is 85.8 Å². The summed E-state index contributed by atoms with van der Waals surface area (Å²) in [6.07, 6.45) is -1.08. The van der Waals surface area contributed by atoms with Crippen molar-refractivity contribution in [3.63, 3.8) is 0 Å². The van der Waals surface area contributed by atoms with Crippen LogP contribution in [0.5, 0.6) is 0 Å². The van der Waals surface area contributed by atoms with Crippen LogP contribution in [0.25, 0.3) is 11.1 Å². The number of aliphatic hydroxyl groups excluding tert-OH is 1. The molecule has 3 N–H and O–H groups in total. The highest BCUT2D eigenvalue weighted by molar-refractivity contribution is 7.99. The summed E-state index contributed by atoms with van der Waals surface area (Å²) in [6.45, 7) is 2.48. The molecule has 1 saturated heterocycles. The zero-order valence-corrected chi connectivity index (χ0v) is 25.4. The molecular formula is C36H37NO6S. The normalized spacial score (nSPS) is 19.8. The average Bonchev–Trinajstić information content (AvgIpc) is 3.06. The number of hydrogen-bond acceptors (Lipinski definition) is 6. The highest BCUT2D eigenvalue weighted by Gasteiger charge is 2.38. The molecule has 1 aliphatic rings. The summed E-state index contributed by atoms with van der Waals surface area (Å²) in [6, 6.07) is 34.3. The third-order valence-corrected chi connectivity index (χ3v) is 8.86. The van der Waals surface area contributed by atoms with E-state index in [2.05, 4.69) is 30.4 Å². The van der Waals surface area contributed by atoms with Gasteiger partial charge >= 0.3 is 5.97 Å². The molecule has 7 nitrogen and oxygen atoms in total. The maximum Gasteiger partial charge on any atom is 0.303 e. The Kier molecular flexibility index (Phi) is 10.9. The fourth-order valence-corrected chi connectivity index (χ4v) is 6.33. The summed E-state index contributed by atoms with van der Waals surface area (Å²) in [4.78, 5) is 24.0. The van der Waals surface area contributed by atoms with Crippen molar-refractivity contribution in [2.24, 2.45) is 5.92 Å². The molecule has 1 heterocycles. The zero-order chi connectivity index (χ0) is 30.9. The first-order valence-corrected chi connectivity index (χ1v) is 15.7. The molecule has 4 atom stereocenters. The Morgan fingerprint density at radius 3 is 2.25 bits per heavy atom. The van der Waals surface area contributed by atoms with Gasteiger partial charge in [-0.2, -0.15) is 0 Å². The molecule has 0 aromatic heterocycles. The Morgan fingerprint density at radius 2 is 1.52 bits per heavy atom. The lowest BCUT2D eigenvalue weighted by Crippen LogP contribution is -2.38. The number of carboxylic acids is 1. The topological polar surface area (TPSA) is 105 Å². The molecule has 0 unspecified atom stereocenters. The van der Waals surface area contributed by atoms with Gasteiger partial charge in [-0.25, -0.2) is 0 Å². The van der Waals surface area contributed by atoms with Crippen molar-refractivity contribution in [1.82, 2.24) is 5.32 Å². The Balaban J connectivity index is 1.35. The molecule has 1 amide bonds. The number of thioether (sulfide) groups is 1. The van der Waals surface area contributed by atoms with E-state index < -0.39 is 12.3 Å². The van der Waals surface area contributed by atoms with E-state index in [1.165, 1.54) is 4.90 Å². The molecule has 0 spiro atoms. The molecule has 4 aromatic rings. The van der Waals surface area contributed by atoms with E-state index in [-0.39, 0.29) is 43.5 Å². The molecule has 1 fully saturated rings. The van der Waals surface area contributed by atoms with Gasteiger partial charge in [0.1, 0.15) is 0 Å². The molecule has 0 aliphatic carbocycles. The van der Waals surface area contributed by atoms with E-state index in [1.807, 2.05) is 84.9 Å². The van der Waals surface area contributed by atoms with Gasteiger partial charge in [0, 0.05) is 35.1 Å². The van der Waals surface area contributed by atoms with Crippen molar-refractivity contribution >= 4 is 23.6 Å². The summed E-state index contributed by atoms with van der Waals surface area (Å²) in [5.41, 5.74) is 5.71. The van der Waals surface area contributed by atoms with Gasteiger partial charge in [0.25, 0.3) is 0 Å². The van der Waals surface area contributed by atoms with Crippen molar-refractivity contribution in [2.45, 2.75) is 56.3 Å². The summed E-state index contributed by atoms with van der Waals surface area (Å²) < 4.78 is 13.3. The molecule has 0 saturated carbocycles. The Labute approximate surface area is 262 Å². The molecule has 5 rings (SSSR count). The van der Waals surface area contributed by atoms with E-state index in [9.17, 15) is 14.7 Å². The molecule has 228 valence electrons. The second kappa shape index (κ2) is 15.2. The number of carbonyl (C=O) groups excluding carboxylic acids is 1. The average molecular weight is 612 g/mol.